The number of esters is 2. The Balaban J connectivity index is 1.17. The molecule has 5 aliphatic carbocycles. The molecule has 1 saturated heterocycles. The smallest absolute Gasteiger partial charge is 0.338 e. The molecule has 0 aromatic heterocycles. The number of ether oxygens (including phenoxy) is 6. The van der Waals surface area contributed by atoms with Crippen LogP contribution >= 0.6 is 0 Å². The number of aliphatic hydroxyl groups excluding tert-OH is 2. The molecule has 1 aromatic carbocycles. The van der Waals surface area contributed by atoms with Gasteiger partial charge in [0.25, 0.3) is 0 Å². The van der Waals surface area contributed by atoms with Crippen molar-refractivity contribution in [3.8, 4) is 0 Å². The third-order valence-corrected chi connectivity index (χ3v) is 17.1. The molecule has 1 aliphatic heterocycles. The van der Waals surface area contributed by atoms with Gasteiger partial charge in [-0.15, -0.1) is 0 Å². The Morgan fingerprint density at radius 3 is 1.94 bits per heavy atom. The standard InChI is InChI=1S/C50H79NO11/c1-7-9-10-11-12-13-14-15-16-17-18-19-20-21-25-28-37(53)62-50-38-34(30-48(56,45(60-6)43(50)54)44(38)61-46(55)33-26-23-22-24-27-33)49-36(58-4)29-35(52)47(32-57-3)31-51(8-2)42(49)39(50)40(59-5)41(47)49/h22-24,26-27,34-36,38-45,52,54,56H,7-21,25,28-32H2,1-6H3/t34-,35-,36-,38-,39+,40+,41-,42-,43+,44-,45+,47+,48+,49+,50-/m1/s1. The number of likely N-dealkylation sites (tertiary alicyclic amines) is 1. The Morgan fingerprint density at radius 1 is 0.774 bits per heavy atom. The zero-order valence-corrected chi connectivity index (χ0v) is 38.6. The molecule has 12 heteroatoms. The van der Waals surface area contributed by atoms with Gasteiger partial charge in [0.15, 0.2) is 5.60 Å². The maximum atomic E-state index is 14.6. The molecule has 0 unspecified atom stereocenters. The summed E-state index contributed by atoms with van der Waals surface area (Å²) in [7, 11) is 6.42. The molecule has 350 valence electrons. The van der Waals surface area contributed by atoms with E-state index < -0.39 is 88.3 Å². The normalized spacial score (nSPS) is 40.1. The molecule has 1 aromatic rings. The molecule has 0 radical (unpaired) electrons. The number of carbonyl (C=O) groups excluding carboxylic acids is 2. The second kappa shape index (κ2) is 20.1. The molecule has 12 nitrogen and oxygen atoms in total. The lowest BCUT2D eigenvalue weighted by atomic mass is 9.42. The molecule has 7 rings (SSSR count). The highest BCUT2D eigenvalue weighted by molar-refractivity contribution is 5.89. The summed E-state index contributed by atoms with van der Waals surface area (Å²) in [4.78, 5) is 31.0. The number of unbranched alkanes of at least 4 members (excludes halogenated alkanes) is 14. The van der Waals surface area contributed by atoms with E-state index in [0.717, 1.165) is 19.3 Å². The van der Waals surface area contributed by atoms with Crippen LogP contribution in [0.25, 0.3) is 0 Å². The van der Waals surface area contributed by atoms with Crippen LogP contribution in [0, 0.1) is 34.5 Å². The Hall–Kier alpha value is -2.16. The number of aliphatic hydroxyl groups is 3. The Labute approximate surface area is 371 Å². The maximum absolute atomic E-state index is 14.6. The first-order valence-electron chi connectivity index (χ1n) is 24.4. The van der Waals surface area contributed by atoms with E-state index in [1.54, 1.807) is 45.6 Å². The van der Waals surface area contributed by atoms with Crippen molar-refractivity contribution >= 4 is 11.9 Å². The zero-order chi connectivity index (χ0) is 44.3. The molecule has 5 saturated carbocycles. The van der Waals surface area contributed by atoms with Crippen molar-refractivity contribution in [1.82, 2.24) is 4.90 Å². The zero-order valence-electron chi connectivity index (χ0n) is 38.6. The van der Waals surface area contributed by atoms with E-state index in [-0.39, 0.29) is 31.4 Å². The molecule has 1 spiro atoms. The summed E-state index contributed by atoms with van der Waals surface area (Å²) in [6.07, 6.45) is 12.8. The third-order valence-electron chi connectivity index (χ3n) is 17.1. The van der Waals surface area contributed by atoms with E-state index in [1.165, 1.54) is 77.7 Å². The fourth-order valence-corrected chi connectivity index (χ4v) is 15.0. The van der Waals surface area contributed by atoms with E-state index >= 15 is 0 Å². The van der Waals surface area contributed by atoms with Crippen LogP contribution in [0.2, 0.25) is 0 Å². The average Bonchev–Trinajstić information content (AvgIpc) is 3.65. The first-order chi connectivity index (χ1) is 30.0. The van der Waals surface area contributed by atoms with Crippen LogP contribution in [0.4, 0.5) is 0 Å². The quantitative estimate of drug-likeness (QED) is 0.0693. The number of piperidine rings is 1. The highest BCUT2D eigenvalue weighted by Gasteiger charge is 2.92. The molecule has 15 atom stereocenters. The molecule has 7 bridgehead atoms. The van der Waals surface area contributed by atoms with Crippen LogP contribution in [0.3, 0.4) is 0 Å². The van der Waals surface area contributed by atoms with Crippen LogP contribution < -0.4 is 0 Å². The van der Waals surface area contributed by atoms with Gasteiger partial charge in [-0.3, -0.25) is 9.69 Å². The van der Waals surface area contributed by atoms with Crippen molar-refractivity contribution in [2.24, 2.45) is 34.5 Å². The Kier molecular flexibility index (Phi) is 15.5. The molecule has 62 heavy (non-hydrogen) atoms. The molecule has 0 amide bonds. The van der Waals surface area contributed by atoms with E-state index in [9.17, 15) is 24.9 Å². The molecule has 6 aliphatic rings. The second-order valence-corrected chi connectivity index (χ2v) is 20.0. The van der Waals surface area contributed by atoms with Gasteiger partial charge in [-0.1, -0.05) is 122 Å². The number of benzene rings is 1. The predicted molar refractivity (Wildman–Crippen MR) is 234 cm³/mol. The topological polar surface area (TPSA) is 153 Å². The summed E-state index contributed by atoms with van der Waals surface area (Å²) in [5.41, 5.74) is -4.82. The molecular formula is C50H79NO11. The average molecular weight is 870 g/mol. The fraction of sp³-hybridized carbons (Fsp3) is 0.840. The lowest BCUT2D eigenvalue weighted by molar-refractivity contribution is -0.323. The van der Waals surface area contributed by atoms with Crippen LogP contribution in [0.5, 0.6) is 0 Å². The van der Waals surface area contributed by atoms with E-state index in [0.29, 0.717) is 31.5 Å². The minimum atomic E-state index is -1.84. The van der Waals surface area contributed by atoms with Gasteiger partial charge in [-0.05, 0) is 37.4 Å². The van der Waals surface area contributed by atoms with Gasteiger partial charge in [0.05, 0.1) is 30.5 Å². The SMILES string of the molecule is CCCCCCCCCCCCCCCCCC(=O)O[C@]12[C@H]3[C@@H](OC(=O)c4ccccc4)[C@@](O)(C[C@H]3[C@]34[C@@H]5[C@@H](OC)[C@H]1[C@H]3N(CC)C[C@]5(COC)[C@H](O)C[C@H]4OC)[C@@H](OC)[C@@H]2O. The number of hydrogen-bond donors (Lipinski definition) is 3. The van der Waals surface area contributed by atoms with Gasteiger partial charge >= 0.3 is 11.9 Å². The molecule has 3 N–H and O–H groups in total. The van der Waals surface area contributed by atoms with Crippen LogP contribution in [0.15, 0.2) is 30.3 Å². The van der Waals surface area contributed by atoms with Crippen molar-refractivity contribution in [1.29, 1.82) is 0 Å². The lowest BCUT2D eigenvalue weighted by Gasteiger charge is -2.70. The third kappa shape index (κ3) is 7.69. The maximum Gasteiger partial charge on any atom is 0.338 e. The summed E-state index contributed by atoms with van der Waals surface area (Å²) in [5.74, 6) is -3.47. The Morgan fingerprint density at radius 2 is 1.39 bits per heavy atom. The minimum absolute atomic E-state index is 0.0883. The van der Waals surface area contributed by atoms with Gasteiger partial charge in [-0.25, -0.2) is 4.79 Å². The van der Waals surface area contributed by atoms with Gasteiger partial charge in [-0.2, -0.15) is 0 Å². The highest BCUT2D eigenvalue weighted by Crippen LogP contribution is 2.80. The second-order valence-electron chi connectivity index (χ2n) is 20.0. The largest absolute Gasteiger partial charge is 0.455 e. The fourth-order valence-electron chi connectivity index (χ4n) is 15.0. The summed E-state index contributed by atoms with van der Waals surface area (Å²) < 4.78 is 38.7. The van der Waals surface area contributed by atoms with E-state index in [2.05, 4.69) is 18.7 Å². The van der Waals surface area contributed by atoms with E-state index in [4.69, 9.17) is 28.4 Å². The van der Waals surface area contributed by atoms with Crippen molar-refractivity contribution in [3.05, 3.63) is 35.9 Å². The Bertz CT molecular complexity index is 1630. The summed E-state index contributed by atoms with van der Waals surface area (Å²) in [5, 5.41) is 38.4. The summed E-state index contributed by atoms with van der Waals surface area (Å²) in [6, 6.07) is 8.33. The van der Waals surface area contributed by atoms with Crippen molar-refractivity contribution in [2.75, 3.05) is 48.1 Å². The number of hydrogen-bond acceptors (Lipinski definition) is 12. The summed E-state index contributed by atoms with van der Waals surface area (Å²) >= 11 is 0. The number of fused-ring (bicyclic) bond motifs is 2. The van der Waals surface area contributed by atoms with Crippen LogP contribution in [0.1, 0.15) is 140 Å². The van der Waals surface area contributed by atoms with Crippen molar-refractivity contribution < 1.29 is 53.3 Å². The first kappa shape index (κ1) is 47.8. The van der Waals surface area contributed by atoms with Gasteiger partial charge in [0, 0.05) is 82.5 Å². The van der Waals surface area contributed by atoms with Crippen LogP contribution in [-0.2, 0) is 33.2 Å². The van der Waals surface area contributed by atoms with Crippen molar-refractivity contribution in [2.45, 2.75) is 183 Å². The number of methoxy groups -OCH3 is 4. The van der Waals surface area contributed by atoms with Crippen LogP contribution in [-0.4, -0.2) is 134 Å². The minimum Gasteiger partial charge on any atom is -0.455 e. The van der Waals surface area contributed by atoms with Gasteiger partial charge in [0.1, 0.15) is 23.9 Å². The number of carbonyl (C=O) groups is 2. The van der Waals surface area contributed by atoms with Crippen molar-refractivity contribution in [3.63, 3.8) is 0 Å². The van der Waals surface area contributed by atoms with Gasteiger partial charge in [0.2, 0.25) is 0 Å². The predicted octanol–water partition coefficient (Wildman–Crippen LogP) is 6.89. The lowest BCUT2D eigenvalue weighted by Crippen LogP contribution is -2.81. The highest BCUT2D eigenvalue weighted by atomic mass is 16.6. The first-order valence-corrected chi connectivity index (χ1v) is 24.4. The van der Waals surface area contributed by atoms with Gasteiger partial charge < -0.3 is 43.7 Å². The number of rotatable bonds is 25. The molecule has 6 fully saturated rings. The molecule has 1 heterocycles. The van der Waals surface area contributed by atoms with E-state index in [1.807, 2.05) is 6.07 Å². The number of nitrogens with zero attached hydrogens (tertiary/aromatic N) is 1. The summed E-state index contributed by atoms with van der Waals surface area (Å²) in [6.45, 7) is 5.70. The molecular weight excluding hydrogens is 791 g/mol. The monoisotopic (exact) mass is 870 g/mol.